The zero-order chi connectivity index (χ0) is 18.4. The zero-order valence-electron chi connectivity index (χ0n) is 13.5. The fourth-order valence-electron chi connectivity index (χ4n) is 1.91. The number of esters is 2. The van der Waals surface area contributed by atoms with Crippen molar-refractivity contribution < 1.29 is 28.7 Å². The molecule has 1 aromatic carbocycles. The molecule has 130 valence electrons. The Morgan fingerprint density at radius 2 is 1.68 bits per heavy atom. The zero-order valence-corrected chi connectivity index (χ0v) is 14.3. The minimum atomic E-state index is -0.700. The molecule has 0 saturated carbocycles. The number of amides is 1. The van der Waals surface area contributed by atoms with E-state index in [0.717, 1.165) is 11.3 Å². The van der Waals surface area contributed by atoms with E-state index >= 15 is 0 Å². The molecule has 0 atom stereocenters. The monoisotopic (exact) mass is 361 g/mol. The summed E-state index contributed by atoms with van der Waals surface area (Å²) in [6.45, 7) is 0.870. The first-order valence-electron chi connectivity index (χ1n) is 7.17. The van der Waals surface area contributed by atoms with Gasteiger partial charge in [0.2, 0.25) is 0 Å². The number of carbonyl (C=O) groups is 4. The van der Waals surface area contributed by atoms with E-state index in [2.05, 4.69) is 10.1 Å². The van der Waals surface area contributed by atoms with Gasteiger partial charge in [0.15, 0.2) is 12.4 Å². The van der Waals surface area contributed by atoms with Crippen LogP contribution in [0.5, 0.6) is 0 Å². The number of carbonyl (C=O) groups excluding carboxylic acids is 4. The third-order valence-electron chi connectivity index (χ3n) is 3.09. The summed E-state index contributed by atoms with van der Waals surface area (Å²) in [4.78, 5) is 47.3. The van der Waals surface area contributed by atoms with Crippen LogP contribution in [0.25, 0.3) is 0 Å². The molecule has 0 aliphatic heterocycles. The molecule has 2 rings (SSSR count). The van der Waals surface area contributed by atoms with E-state index in [4.69, 9.17) is 4.74 Å². The number of hydrogen-bond acceptors (Lipinski definition) is 7. The van der Waals surface area contributed by atoms with Gasteiger partial charge >= 0.3 is 11.9 Å². The van der Waals surface area contributed by atoms with Gasteiger partial charge in [-0.15, -0.1) is 11.3 Å². The number of methoxy groups -OCH3 is 1. The Kier molecular flexibility index (Phi) is 6.02. The van der Waals surface area contributed by atoms with Crippen molar-refractivity contribution in [2.75, 3.05) is 19.0 Å². The lowest BCUT2D eigenvalue weighted by Gasteiger charge is -2.09. The lowest BCUT2D eigenvalue weighted by Crippen LogP contribution is -2.22. The van der Waals surface area contributed by atoms with Gasteiger partial charge in [-0.3, -0.25) is 9.59 Å². The highest BCUT2D eigenvalue weighted by molar-refractivity contribution is 7.15. The largest absolute Gasteiger partial charge is 0.465 e. The molecule has 0 spiro atoms. The smallest absolute Gasteiger partial charge is 0.348 e. The number of rotatable bonds is 6. The minimum absolute atomic E-state index is 0.152. The quantitative estimate of drug-likeness (QED) is 0.627. The van der Waals surface area contributed by atoms with Crippen LogP contribution < -0.4 is 5.32 Å². The van der Waals surface area contributed by atoms with Crippen LogP contribution in [-0.2, 0) is 14.3 Å². The molecular formula is C17H15NO6S. The molecule has 0 saturated heterocycles. The Bertz CT molecular complexity index is 826. The average molecular weight is 361 g/mol. The second-order valence-electron chi connectivity index (χ2n) is 4.88. The van der Waals surface area contributed by atoms with Crippen molar-refractivity contribution in [3.8, 4) is 0 Å². The summed E-state index contributed by atoms with van der Waals surface area (Å²) in [5.74, 6) is -2.05. The molecule has 1 aromatic heterocycles. The van der Waals surface area contributed by atoms with Gasteiger partial charge in [0.05, 0.1) is 23.2 Å². The third-order valence-corrected chi connectivity index (χ3v) is 4.26. The number of ketones is 1. The number of thiophene rings is 1. The number of ether oxygens (including phenoxy) is 2. The summed E-state index contributed by atoms with van der Waals surface area (Å²) >= 11 is 0.997. The molecule has 7 nitrogen and oxygen atoms in total. The molecular weight excluding hydrogens is 346 g/mol. The molecule has 25 heavy (non-hydrogen) atoms. The van der Waals surface area contributed by atoms with Crippen LogP contribution in [0.4, 0.5) is 5.69 Å². The molecule has 0 bridgehead atoms. The molecule has 2 aromatic rings. The molecule has 0 aliphatic rings. The minimum Gasteiger partial charge on any atom is -0.465 e. The molecule has 0 unspecified atom stereocenters. The number of Topliss-reactive ketones (excluding diaryl/α,β-unsaturated/α-hetero) is 1. The maximum atomic E-state index is 11.9. The van der Waals surface area contributed by atoms with Crippen LogP contribution in [-0.4, -0.2) is 37.3 Å². The van der Waals surface area contributed by atoms with Gasteiger partial charge in [0.25, 0.3) is 5.91 Å². The van der Waals surface area contributed by atoms with Crippen molar-refractivity contribution in [1.29, 1.82) is 0 Å². The van der Waals surface area contributed by atoms with Crippen LogP contribution in [0.3, 0.4) is 0 Å². The second kappa shape index (κ2) is 8.20. The van der Waals surface area contributed by atoms with E-state index in [0.29, 0.717) is 4.88 Å². The van der Waals surface area contributed by atoms with E-state index in [1.54, 1.807) is 12.1 Å². The van der Waals surface area contributed by atoms with Crippen LogP contribution in [0.15, 0.2) is 36.4 Å². The lowest BCUT2D eigenvalue weighted by atomic mass is 10.2. The van der Waals surface area contributed by atoms with E-state index in [9.17, 15) is 19.2 Å². The van der Waals surface area contributed by atoms with Crippen molar-refractivity contribution in [3.05, 3.63) is 51.7 Å². The summed E-state index contributed by atoms with van der Waals surface area (Å²) in [6.07, 6.45) is 0. The van der Waals surface area contributed by atoms with Gasteiger partial charge in [-0.25, -0.2) is 9.59 Å². The molecule has 0 aliphatic carbocycles. The number of para-hydroxylation sites is 1. The van der Waals surface area contributed by atoms with E-state index in [1.807, 2.05) is 0 Å². The summed E-state index contributed by atoms with van der Waals surface area (Å²) in [5, 5.41) is 2.49. The standard InChI is InChI=1S/C17H15NO6S/c1-10(19)13-7-8-14(25-13)17(22)24-9-15(20)18-12-6-4-3-5-11(12)16(21)23-2/h3-8H,9H2,1-2H3,(H,18,20). The maximum absolute atomic E-state index is 11.9. The first kappa shape index (κ1) is 18.3. The van der Waals surface area contributed by atoms with Gasteiger partial charge in [-0.2, -0.15) is 0 Å². The van der Waals surface area contributed by atoms with Crippen molar-refractivity contribution >= 4 is 40.7 Å². The molecule has 1 N–H and O–H groups in total. The van der Waals surface area contributed by atoms with E-state index < -0.39 is 24.5 Å². The summed E-state index contributed by atoms with van der Waals surface area (Å²) in [7, 11) is 1.24. The van der Waals surface area contributed by atoms with Gasteiger partial charge in [0.1, 0.15) is 4.88 Å². The summed E-state index contributed by atoms with van der Waals surface area (Å²) in [6, 6.07) is 9.30. The van der Waals surface area contributed by atoms with Crippen molar-refractivity contribution in [1.82, 2.24) is 0 Å². The molecule has 8 heteroatoms. The van der Waals surface area contributed by atoms with Gasteiger partial charge in [0, 0.05) is 0 Å². The maximum Gasteiger partial charge on any atom is 0.348 e. The first-order valence-corrected chi connectivity index (χ1v) is 7.99. The van der Waals surface area contributed by atoms with Crippen molar-refractivity contribution in [3.63, 3.8) is 0 Å². The summed E-state index contributed by atoms with van der Waals surface area (Å²) < 4.78 is 9.55. The Morgan fingerprint density at radius 1 is 1.00 bits per heavy atom. The predicted octanol–water partition coefficient (Wildman–Crippen LogP) is 2.53. The van der Waals surface area contributed by atoms with Crippen molar-refractivity contribution in [2.45, 2.75) is 6.92 Å². The normalized spacial score (nSPS) is 10.0. The Labute approximate surface area is 147 Å². The molecule has 0 radical (unpaired) electrons. The number of benzene rings is 1. The fraction of sp³-hybridized carbons (Fsp3) is 0.176. The lowest BCUT2D eigenvalue weighted by molar-refractivity contribution is -0.119. The fourth-order valence-corrected chi connectivity index (χ4v) is 2.70. The Morgan fingerprint density at radius 3 is 2.32 bits per heavy atom. The first-order chi connectivity index (χ1) is 11.9. The predicted molar refractivity (Wildman–Crippen MR) is 91.0 cm³/mol. The molecule has 0 fully saturated rings. The third kappa shape index (κ3) is 4.74. The number of hydrogen-bond donors (Lipinski definition) is 1. The SMILES string of the molecule is COC(=O)c1ccccc1NC(=O)COC(=O)c1ccc(C(C)=O)s1. The van der Waals surface area contributed by atoms with Crippen LogP contribution in [0.1, 0.15) is 36.6 Å². The highest BCUT2D eigenvalue weighted by Gasteiger charge is 2.16. The van der Waals surface area contributed by atoms with Crippen LogP contribution in [0.2, 0.25) is 0 Å². The molecule has 1 amide bonds. The van der Waals surface area contributed by atoms with E-state index in [1.165, 1.54) is 38.3 Å². The summed E-state index contributed by atoms with van der Waals surface area (Å²) in [5.41, 5.74) is 0.444. The van der Waals surface area contributed by atoms with Crippen molar-refractivity contribution in [2.24, 2.45) is 0 Å². The van der Waals surface area contributed by atoms with Gasteiger partial charge < -0.3 is 14.8 Å². The van der Waals surface area contributed by atoms with Gasteiger partial charge in [-0.1, -0.05) is 12.1 Å². The van der Waals surface area contributed by atoms with Gasteiger partial charge in [-0.05, 0) is 31.2 Å². The topological polar surface area (TPSA) is 98.8 Å². The van der Waals surface area contributed by atoms with Crippen LogP contribution in [0, 0.1) is 0 Å². The number of anilines is 1. The second-order valence-corrected chi connectivity index (χ2v) is 5.97. The van der Waals surface area contributed by atoms with Crippen LogP contribution >= 0.6 is 11.3 Å². The average Bonchev–Trinajstić information content (AvgIpc) is 3.10. The Balaban J connectivity index is 1.96. The highest BCUT2D eigenvalue weighted by atomic mass is 32.1. The number of nitrogens with one attached hydrogen (secondary N) is 1. The molecule has 1 heterocycles. The Hall–Kier alpha value is -3.00. The highest BCUT2D eigenvalue weighted by Crippen LogP contribution is 2.18. The van der Waals surface area contributed by atoms with E-state index in [-0.39, 0.29) is 21.9 Å².